The first-order valence-electron chi connectivity index (χ1n) is 18.4. The van der Waals surface area contributed by atoms with Crippen molar-refractivity contribution in [2.75, 3.05) is 11.4 Å². The van der Waals surface area contributed by atoms with Gasteiger partial charge in [-0.25, -0.2) is 9.97 Å². The van der Waals surface area contributed by atoms with Gasteiger partial charge in [0.25, 0.3) is 0 Å². The zero-order valence-corrected chi connectivity index (χ0v) is 29.9. The number of hydrogen-bond donors (Lipinski definition) is 0. The quantitative estimate of drug-likeness (QED) is 0.183. The number of fused-ring (bicyclic) bond motifs is 6. The Bertz CT molecular complexity index is 3100. The Hall–Kier alpha value is -7.55. The van der Waals surface area contributed by atoms with E-state index < -0.39 is 0 Å². The van der Waals surface area contributed by atoms with Gasteiger partial charge in [0.05, 0.1) is 22.2 Å². The summed E-state index contributed by atoms with van der Waals surface area (Å²) in [6.45, 7) is 4.93. The standard InChI is InChI=1S/C50H33N5/c1-33-11-3-2-10-28-54(50-52-45-16-8-6-15-43(45)46(32-51)53-50)49-31-39(22-26-41(33)49)38-23-27-48-44(30-38)42-14-7-9-17-47(42)55(48)40-24-20-35(21-25-40)37-19-18-34-12-4-5-13-36(34)29-37/h2-27,29-31H,1,28H2/b10-2-,11-3-. The summed E-state index contributed by atoms with van der Waals surface area (Å²) < 4.78 is 2.36. The van der Waals surface area contributed by atoms with Crippen molar-refractivity contribution in [1.82, 2.24) is 14.5 Å². The van der Waals surface area contributed by atoms with E-state index in [0.29, 0.717) is 18.2 Å². The van der Waals surface area contributed by atoms with Gasteiger partial charge in [0.15, 0.2) is 5.69 Å². The molecule has 0 radical (unpaired) electrons. The second kappa shape index (κ2) is 13.1. The Balaban J connectivity index is 1.08. The van der Waals surface area contributed by atoms with E-state index >= 15 is 0 Å². The summed E-state index contributed by atoms with van der Waals surface area (Å²) in [6.07, 6.45) is 8.12. The summed E-state index contributed by atoms with van der Waals surface area (Å²) in [6, 6.07) is 55.8. The number of para-hydroxylation sites is 2. The largest absolute Gasteiger partial charge is 0.309 e. The number of allylic oxidation sites excluding steroid dienone is 4. The summed E-state index contributed by atoms with van der Waals surface area (Å²) in [7, 11) is 0. The van der Waals surface area contributed by atoms with Crippen molar-refractivity contribution in [2.24, 2.45) is 0 Å². The molecule has 0 saturated carbocycles. The van der Waals surface area contributed by atoms with Gasteiger partial charge in [-0.1, -0.05) is 128 Å². The second-order valence-electron chi connectivity index (χ2n) is 13.8. The van der Waals surface area contributed by atoms with Gasteiger partial charge in [-0.05, 0) is 93.2 Å². The molecular formula is C50H33N5. The topological polar surface area (TPSA) is 57.7 Å². The molecule has 7 aromatic carbocycles. The third-order valence-electron chi connectivity index (χ3n) is 10.6. The lowest BCUT2D eigenvalue weighted by Gasteiger charge is -2.25. The molecule has 0 atom stereocenters. The Morgan fingerprint density at radius 2 is 1.27 bits per heavy atom. The molecule has 5 heteroatoms. The van der Waals surface area contributed by atoms with E-state index in [1.54, 1.807) is 0 Å². The van der Waals surface area contributed by atoms with Crippen molar-refractivity contribution in [3.63, 3.8) is 0 Å². The fourth-order valence-corrected chi connectivity index (χ4v) is 7.87. The maximum atomic E-state index is 10.1. The van der Waals surface area contributed by atoms with Gasteiger partial charge in [-0.3, -0.25) is 0 Å². The lowest BCUT2D eigenvalue weighted by molar-refractivity contribution is 0.996. The zero-order chi connectivity index (χ0) is 36.9. The minimum absolute atomic E-state index is 0.351. The van der Waals surface area contributed by atoms with Crippen LogP contribution in [0.5, 0.6) is 0 Å². The van der Waals surface area contributed by atoms with Crippen LogP contribution in [0.3, 0.4) is 0 Å². The van der Waals surface area contributed by atoms with Gasteiger partial charge in [0.1, 0.15) is 6.07 Å². The van der Waals surface area contributed by atoms with Crippen LogP contribution >= 0.6 is 0 Å². The van der Waals surface area contributed by atoms with Crippen LogP contribution in [0.1, 0.15) is 11.3 Å². The lowest BCUT2D eigenvalue weighted by atomic mass is 9.97. The first-order valence-corrected chi connectivity index (χ1v) is 18.4. The van der Waals surface area contributed by atoms with E-state index in [9.17, 15) is 5.26 Å². The first kappa shape index (κ1) is 32.1. The normalized spacial score (nSPS) is 14.0. The van der Waals surface area contributed by atoms with Gasteiger partial charge in [-0.2, -0.15) is 5.26 Å². The number of nitrogens with zero attached hydrogens (tertiary/aromatic N) is 5. The summed E-state index contributed by atoms with van der Waals surface area (Å²) >= 11 is 0. The second-order valence-corrected chi connectivity index (χ2v) is 13.8. The fraction of sp³-hybridized carbons (Fsp3) is 0.0200. The molecule has 2 aromatic heterocycles. The van der Waals surface area contributed by atoms with Crippen LogP contribution in [0.15, 0.2) is 183 Å². The zero-order valence-electron chi connectivity index (χ0n) is 29.9. The van der Waals surface area contributed by atoms with Crippen LogP contribution in [0.25, 0.3) is 77.0 Å². The highest BCUT2D eigenvalue weighted by Gasteiger charge is 2.21. The number of nitriles is 1. The van der Waals surface area contributed by atoms with Gasteiger partial charge >= 0.3 is 0 Å². The highest BCUT2D eigenvalue weighted by atomic mass is 15.3. The molecule has 9 aromatic rings. The number of benzene rings is 7. The Labute approximate surface area is 318 Å². The van der Waals surface area contributed by atoms with Gasteiger partial charge < -0.3 is 9.47 Å². The van der Waals surface area contributed by atoms with Crippen LogP contribution in [0, 0.1) is 11.3 Å². The van der Waals surface area contributed by atoms with E-state index in [1.807, 2.05) is 42.5 Å². The van der Waals surface area contributed by atoms with E-state index in [0.717, 1.165) is 55.6 Å². The number of aromatic nitrogens is 3. The summed E-state index contributed by atoms with van der Waals surface area (Å²) in [5, 5.41) is 15.7. The number of hydrogen-bond acceptors (Lipinski definition) is 4. The van der Waals surface area contributed by atoms with E-state index in [4.69, 9.17) is 9.97 Å². The molecule has 0 bridgehead atoms. The molecule has 0 amide bonds. The average Bonchev–Trinajstić information content (AvgIpc) is 3.60. The third kappa shape index (κ3) is 5.56. The molecule has 1 aliphatic rings. The lowest BCUT2D eigenvalue weighted by Crippen LogP contribution is -2.21. The van der Waals surface area contributed by atoms with Crippen molar-refractivity contribution in [3.8, 4) is 34.0 Å². The molecule has 0 unspecified atom stereocenters. The monoisotopic (exact) mass is 703 g/mol. The Kier molecular flexibility index (Phi) is 7.68. The maximum absolute atomic E-state index is 10.1. The molecule has 0 N–H and O–H groups in total. The SMILES string of the molecule is C=C1/C=C\C=C/CN(c2nc(C#N)c3ccccc3n2)c2cc(-c3ccc4c(c3)c3ccccc3n4-c3ccc(-c4ccc5ccccc5c4)cc3)ccc21. The first-order chi connectivity index (χ1) is 27.1. The van der Waals surface area contributed by atoms with Crippen molar-refractivity contribution in [3.05, 3.63) is 194 Å². The van der Waals surface area contributed by atoms with Crippen molar-refractivity contribution < 1.29 is 0 Å². The van der Waals surface area contributed by atoms with Gasteiger partial charge in [0, 0.05) is 34.0 Å². The summed E-state index contributed by atoms with van der Waals surface area (Å²) in [4.78, 5) is 11.8. The molecule has 0 fully saturated rings. The molecule has 258 valence electrons. The molecule has 5 nitrogen and oxygen atoms in total. The summed E-state index contributed by atoms with van der Waals surface area (Å²) in [5.74, 6) is 0.471. The molecule has 10 rings (SSSR count). The molecule has 0 aliphatic carbocycles. The van der Waals surface area contributed by atoms with Crippen LogP contribution in [-0.4, -0.2) is 21.1 Å². The molecule has 1 aliphatic heterocycles. The fourth-order valence-electron chi connectivity index (χ4n) is 7.87. The smallest absolute Gasteiger partial charge is 0.232 e. The maximum Gasteiger partial charge on any atom is 0.232 e. The average molecular weight is 704 g/mol. The van der Waals surface area contributed by atoms with Crippen molar-refractivity contribution >= 4 is 60.7 Å². The van der Waals surface area contributed by atoms with Crippen LogP contribution in [0.2, 0.25) is 0 Å². The summed E-state index contributed by atoms with van der Waals surface area (Å²) in [5.41, 5.74) is 11.8. The Morgan fingerprint density at radius 3 is 2.15 bits per heavy atom. The van der Waals surface area contributed by atoms with Crippen LogP contribution in [-0.2, 0) is 0 Å². The van der Waals surface area contributed by atoms with Gasteiger partial charge in [-0.15, -0.1) is 0 Å². The van der Waals surface area contributed by atoms with Crippen LogP contribution < -0.4 is 4.90 Å². The highest BCUT2D eigenvalue weighted by Crippen LogP contribution is 2.39. The minimum atomic E-state index is 0.351. The Morgan fingerprint density at radius 1 is 0.582 bits per heavy atom. The van der Waals surface area contributed by atoms with E-state index in [1.165, 1.54) is 32.7 Å². The van der Waals surface area contributed by atoms with E-state index in [-0.39, 0.29) is 0 Å². The molecule has 0 saturated heterocycles. The van der Waals surface area contributed by atoms with Crippen molar-refractivity contribution in [2.45, 2.75) is 0 Å². The minimum Gasteiger partial charge on any atom is -0.309 e. The van der Waals surface area contributed by atoms with Gasteiger partial charge in [0.2, 0.25) is 5.95 Å². The third-order valence-corrected chi connectivity index (χ3v) is 10.6. The highest BCUT2D eigenvalue weighted by molar-refractivity contribution is 6.10. The molecule has 3 heterocycles. The predicted octanol–water partition coefficient (Wildman–Crippen LogP) is 12.4. The predicted molar refractivity (Wildman–Crippen MR) is 228 cm³/mol. The molecule has 55 heavy (non-hydrogen) atoms. The number of rotatable bonds is 4. The number of anilines is 2. The molecular weight excluding hydrogens is 671 g/mol. The van der Waals surface area contributed by atoms with Crippen LogP contribution in [0.4, 0.5) is 11.6 Å². The van der Waals surface area contributed by atoms with Crippen molar-refractivity contribution in [1.29, 1.82) is 5.26 Å². The van der Waals surface area contributed by atoms with E-state index in [2.05, 4.69) is 156 Å². The molecule has 0 spiro atoms.